The van der Waals surface area contributed by atoms with Gasteiger partial charge in [-0.15, -0.1) is 0 Å². The molecule has 3 aromatic rings. The Balaban J connectivity index is 1.19. The molecule has 1 unspecified atom stereocenters. The van der Waals surface area contributed by atoms with Gasteiger partial charge in [0.1, 0.15) is 18.0 Å². The molecule has 1 atom stereocenters. The van der Waals surface area contributed by atoms with Crippen molar-refractivity contribution in [1.29, 1.82) is 0 Å². The number of amides is 2. The Bertz CT molecular complexity index is 1110. The van der Waals surface area contributed by atoms with E-state index in [2.05, 4.69) is 15.2 Å². The van der Waals surface area contributed by atoms with Crippen LogP contribution in [0.1, 0.15) is 40.9 Å². The third-order valence-electron chi connectivity index (χ3n) is 6.00. The van der Waals surface area contributed by atoms with Gasteiger partial charge in [0.05, 0.1) is 11.6 Å². The molecule has 1 aromatic carbocycles. The molecule has 1 saturated heterocycles. The highest BCUT2D eigenvalue weighted by atomic mass is 16.5. The molecule has 0 aliphatic carbocycles. The summed E-state index contributed by atoms with van der Waals surface area (Å²) in [4.78, 5) is 30.6. The van der Waals surface area contributed by atoms with Gasteiger partial charge in [0.25, 0.3) is 5.91 Å². The van der Waals surface area contributed by atoms with Crippen LogP contribution in [0.25, 0.3) is 5.65 Å². The van der Waals surface area contributed by atoms with Crippen molar-refractivity contribution < 1.29 is 14.3 Å². The quantitative estimate of drug-likeness (QED) is 0.489. The topological polar surface area (TPSA) is 102 Å². The van der Waals surface area contributed by atoms with Gasteiger partial charge in [0, 0.05) is 31.0 Å². The number of nitrogens with two attached hydrogens (primary N) is 1. The van der Waals surface area contributed by atoms with Crippen molar-refractivity contribution in [3.8, 4) is 5.75 Å². The van der Waals surface area contributed by atoms with Crippen LogP contribution in [0.2, 0.25) is 0 Å². The molecule has 8 heteroatoms. The van der Waals surface area contributed by atoms with E-state index in [0.717, 1.165) is 50.2 Å². The molecule has 1 aliphatic rings. The molecule has 4 rings (SSSR count). The number of imidazole rings is 1. The van der Waals surface area contributed by atoms with Crippen molar-refractivity contribution in [2.45, 2.75) is 32.8 Å². The molecule has 2 aromatic heterocycles. The normalized spacial score (nSPS) is 16.6. The third-order valence-corrected chi connectivity index (χ3v) is 6.00. The summed E-state index contributed by atoms with van der Waals surface area (Å²) in [5.41, 5.74) is 8.93. The lowest BCUT2D eigenvalue weighted by atomic mass is 9.97. The number of likely N-dealkylation sites (tertiary alicyclic amines) is 1. The molecule has 8 nitrogen and oxygen atoms in total. The Labute approximate surface area is 193 Å². The van der Waals surface area contributed by atoms with Crippen molar-refractivity contribution >= 4 is 17.5 Å². The number of aryl methyl sites for hydroxylation is 1. The Morgan fingerprint density at radius 2 is 2.00 bits per heavy atom. The largest absolute Gasteiger partial charge is 0.487 e. The molecule has 3 heterocycles. The van der Waals surface area contributed by atoms with E-state index in [4.69, 9.17) is 10.5 Å². The Morgan fingerprint density at radius 1 is 1.18 bits per heavy atom. The number of hydrogen-bond donors (Lipinski definition) is 2. The maximum Gasteiger partial charge on any atom is 0.251 e. The molecule has 1 aliphatic heterocycles. The van der Waals surface area contributed by atoms with E-state index in [9.17, 15) is 9.59 Å². The molecule has 3 N–H and O–H groups in total. The summed E-state index contributed by atoms with van der Waals surface area (Å²) in [5.74, 6) is 0.319. The number of carbonyl (C=O) groups excluding carboxylic acids is 2. The number of benzene rings is 1. The van der Waals surface area contributed by atoms with Gasteiger partial charge in [0.15, 0.2) is 0 Å². The second-order valence-corrected chi connectivity index (χ2v) is 8.67. The molecule has 33 heavy (non-hydrogen) atoms. The zero-order valence-corrected chi connectivity index (χ0v) is 19.0. The molecule has 0 spiro atoms. The average molecular weight is 450 g/mol. The maximum atomic E-state index is 12.4. The van der Waals surface area contributed by atoms with Gasteiger partial charge >= 0.3 is 0 Å². The molecule has 174 valence electrons. The van der Waals surface area contributed by atoms with Gasteiger partial charge in [-0.2, -0.15) is 0 Å². The highest BCUT2D eigenvalue weighted by molar-refractivity contribution is 5.94. The van der Waals surface area contributed by atoms with Crippen LogP contribution in [-0.2, 0) is 11.4 Å². The molecular weight excluding hydrogens is 418 g/mol. The van der Waals surface area contributed by atoms with Crippen LogP contribution in [0.3, 0.4) is 0 Å². The first-order chi connectivity index (χ1) is 16.0. The molecular formula is C25H31N5O3. The molecule has 0 bridgehead atoms. The zero-order valence-electron chi connectivity index (χ0n) is 19.0. The molecule has 0 saturated carbocycles. The second-order valence-electron chi connectivity index (χ2n) is 8.67. The number of pyridine rings is 1. The minimum absolute atomic E-state index is 0.0500. The van der Waals surface area contributed by atoms with E-state index in [1.807, 2.05) is 35.9 Å². The number of fused-ring (bicyclic) bond motifs is 1. The number of carbonyl (C=O) groups is 2. The first kappa shape index (κ1) is 22.8. The van der Waals surface area contributed by atoms with E-state index < -0.39 is 0 Å². The fraction of sp³-hybridized carbons (Fsp3) is 0.400. The lowest BCUT2D eigenvalue weighted by Gasteiger charge is -2.31. The van der Waals surface area contributed by atoms with E-state index >= 15 is 0 Å². The standard InChI is InChI=1S/C25H31N5O3/c1-18-5-10-23-28-21(16-30(23)14-18)17-33-22-8-6-19(7-9-22)25(32)27-11-3-13-29-12-2-4-20(15-29)24(26)31/h5-10,14,16,20H,2-4,11-13,15,17H2,1H3,(H2,26,31)(H,27,32). The fourth-order valence-corrected chi connectivity index (χ4v) is 4.18. The van der Waals surface area contributed by atoms with Crippen LogP contribution in [-0.4, -0.2) is 52.3 Å². The Kier molecular flexibility index (Phi) is 7.24. The first-order valence-corrected chi connectivity index (χ1v) is 11.4. The van der Waals surface area contributed by atoms with Crippen LogP contribution in [0.15, 0.2) is 48.8 Å². The van der Waals surface area contributed by atoms with E-state index in [1.165, 1.54) is 5.56 Å². The van der Waals surface area contributed by atoms with Crippen LogP contribution in [0, 0.1) is 12.8 Å². The third kappa shape index (κ3) is 6.10. The summed E-state index contributed by atoms with van der Waals surface area (Å²) < 4.78 is 7.82. The van der Waals surface area contributed by atoms with Crippen LogP contribution < -0.4 is 15.8 Å². The highest BCUT2D eigenvalue weighted by Gasteiger charge is 2.23. The molecule has 2 amide bonds. The molecule has 1 fully saturated rings. The van der Waals surface area contributed by atoms with Gasteiger partial charge in [-0.05, 0) is 75.2 Å². The van der Waals surface area contributed by atoms with Crippen LogP contribution in [0.4, 0.5) is 0 Å². The minimum atomic E-state index is -0.214. The van der Waals surface area contributed by atoms with Crippen molar-refractivity contribution in [1.82, 2.24) is 19.6 Å². The summed E-state index contributed by atoms with van der Waals surface area (Å²) in [6.45, 7) is 5.54. The van der Waals surface area contributed by atoms with Crippen molar-refractivity contribution in [3.63, 3.8) is 0 Å². The minimum Gasteiger partial charge on any atom is -0.487 e. The molecule has 0 radical (unpaired) electrons. The summed E-state index contributed by atoms with van der Waals surface area (Å²) >= 11 is 0. The van der Waals surface area contributed by atoms with E-state index in [0.29, 0.717) is 24.5 Å². The Hall–Kier alpha value is -3.39. The van der Waals surface area contributed by atoms with Gasteiger partial charge in [0.2, 0.25) is 5.91 Å². The summed E-state index contributed by atoms with van der Waals surface area (Å²) in [6, 6.07) is 11.1. The van der Waals surface area contributed by atoms with Gasteiger partial charge in [-0.25, -0.2) is 4.98 Å². The fourth-order valence-electron chi connectivity index (χ4n) is 4.18. The smallest absolute Gasteiger partial charge is 0.251 e. The number of hydrogen-bond acceptors (Lipinski definition) is 5. The summed E-state index contributed by atoms with van der Waals surface area (Å²) in [7, 11) is 0. The number of rotatable bonds is 9. The number of nitrogens with zero attached hydrogens (tertiary/aromatic N) is 3. The maximum absolute atomic E-state index is 12.4. The monoisotopic (exact) mass is 449 g/mol. The predicted molar refractivity (Wildman–Crippen MR) is 126 cm³/mol. The number of nitrogens with one attached hydrogen (secondary N) is 1. The number of piperidine rings is 1. The lowest BCUT2D eigenvalue weighted by Crippen LogP contribution is -2.42. The van der Waals surface area contributed by atoms with Gasteiger partial charge in [-0.1, -0.05) is 6.07 Å². The number of ether oxygens (including phenoxy) is 1. The van der Waals surface area contributed by atoms with Crippen molar-refractivity contribution in [2.24, 2.45) is 11.7 Å². The van der Waals surface area contributed by atoms with Crippen LogP contribution >= 0.6 is 0 Å². The van der Waals surface area contributed by atoms with Crippen LogP contribution in [0.5, 0.6) is 5.75 Å². The van der Waals surface area contributed by atoms with E-state index in [1.54, 1.807) is 24.3 Å². The summed E-state index contributed by atoms with van der Waals surface area (Å²) in [6.07, 6.45) is 6.69. The Morgan fingerprint density at radius 3 is 2.79 bits per heavy atom. The first-order valence-electron chi connectivity index (χ1n) is 11.4. The van der Waals surface area contributed by atoms with E-state index in [-0.39, 0.29) is 17.7 Å². The second kappa shape index (κ2) is 10.5. The lowest BCUT2D eigenvalue weighted by molar-refractivity contribution is -0.123. The number of primary amides is 1. The highest BCUT2D eigenvalue weighted by Crippen LogP contribution is 2.17. The van der Waals surface area contributed by atoms with Gasteiger partial charge in [-0.3, -0.25) is 9.59 Å². The SMILES string of the molecule is Cc1ccc2nc(COc3ccc(C(=O)NCCCN4CCCC(C(N)=O)C4)cc3)cn2c1. The predicted octanol–water partition coefficient (Wildman–Crippen LogP) is 2.54. The zero-order chi connectivity index (χ0) is 23.2. The summed E-state index contributed by atoms with van der Waals surface area (Å²) in [5, 5.41) is 2.96. The van der Waals surface area contributed by atoms with Gasteiger partial charge < -0.3 is 25.1 Å². The average Bonchev–Trinajstić information content (AvgIpc) is 3.23. The number of aromatic nitrogens is 2. The van der Waals surface area contributed by atoms with Crippen molar-refractivity contribution in [3.05, 3.63) is 65.6 Å². The van der Waals surface area contributed by atoms with Crippen molar-refractivity contribution in [2.75, 3.05) is 26.2 Å².